The van der Waals surface area contributed by atoms with Crippen molar-refractivity contribution in [3.8, 4) is 0 Å². The molecule has 1 saturated heterocycles. The van der Waals surface area contributed by atoms with Crippen molar-refractivity contribution in [2.45, 2.75) is 51.2 Å². The number of hydrogen-bond donors (Lipinski definition) is 2. The Kier molecular flexibility index (Phi) is 7.06. The molecule has 0 amide bonds. The Morgan fingerprint density at radius 1 is 1.03 bits per heavy atom. The monoisotopic (exact) mass is 478 g/mol. The zero-order valence-electron chi connectivity index (χ0n) is 21.4. The Bertz CT molecular complexity index is 1150. The van der Waals surface area contributed by atoms with E-state index in [4.69, 9.17) is 19.8 Å². The predicted molar refractivity (Wildman–Crippen MR) is 141 cm³/mol. The Balaban J connectivity index is 1.19. The minimum Gasteiger partial charge on any atom is -0.378 e. The standard InChI is InChI=1S/C26H38N8O/c1-18-22(25(33(4)31-18)34-13-15-35-16-14-34)17-27-19-9-11-20(12-10-19)28-26-29-23-8-6-5-7-21(23)24(30-26)32(2)3/h5-8,19-20,27H,9-17H2,1-4H3,(H,28,29,30). The van der Waals surface area contributed by atoms with Gasteiger partial charge < -0.3 is 25.2 Å². The first kappa shape index (κ1) is 23.8. The lowest BCUT2D eigenvalue weighted by atomic mass is 9.91. The molecule has 2 aromatic heterocycles. The highest BCUT2D eigenvalue weighted by atomic mass is 16.5. The molecule has 0 unspecified atom stereocenters. The molecule has 0 radical (unpaired) electrons. The number of morpholine rings is 1. The first-order chi connectivity index (χ1) is 17.0. The van der Waals surface area contributed by atoms with Crippen LogP contribution in [0.25, 0.3) is 10.9 Å². The minimum absolute atomic E-state index is 0.397. The number of anilines is 3. The SMILES string of the molecule is Cc1nn(C)c(N2CCOCC2)c1CNC1CCC(Nc2nc(N(C)C)c3ccccc3n2)CC1. The van der Waals surface area contributed by atoms with Gasteiger partial charge in [-0.2, -0.15) is 10.1 Å². The molecule has 1 saturated carbocycles. The van der Waals surface area contributed by atoms with Crippen molar-refractivity contribution in [2.24, 2.45) is 7.05 Å². The van der Waals surface area contributed by atoms with Crippen molar-refractivity contribution in [2.75, 3.05) is 55.5 Å². The molecule has 35 heavy (non-hydrogen) atoms. The van der Waals surface area contributed by atoms with Gasteiger partial charge in [-0.3, -0.25) is 4.68 Å². The number of hydrogen-bond acceptors (Lipinski definition) is 8. The molecule has 0 bridgehead atoms. The third kappa shape index (κ3) is 5.21. The molecule has 5 rings (SSSR count). The maximum absolute atomic E-state index is 5.55. The van der Waals surface area contributed by atoms with Crippen LogP contribution >= 0.6 is 0 Å². The van der Waals surface area contributed by atoms with Crippen LogP contribution in [-0.2, 0) is 18.3 Å². The second kappa shape index (κ2) is 10.4. The van der Waals surface area contributed by atoms with E-state index in [2.05, 4.69) is 46.5 Å². The maximum Gasteiger partial charge on any atom is 0.225 e. The van der Waals surface area contributed by atoms with E-state index in [1.54, 1.807) is 0 Å². The molecule has 3 aromatic rings. The molecule has 1 aromatic carbocycles. The van der Waals surface area contributed by atoms with Crippen molar-refractivity contribution in [3.63, 3.8) is 0 Å². The number of fused-ring (bicyclic) bond motifs is 1. The van der Waals surface area contributed by atoms with Gasteiger partial charge in [0, 0.05) is 63.8 Å². The summed E-state index contributed by atoms with van der Waals surface area (Å²) in [5.41, 5.74) is 3.41. The molecule has 2 N–H and O–H groups in total. The molecular formula is C26H38N8O. The summed E-state index contributed by atoms with van der Waals surface area (Å²) in [6.45, 7) is 6.39. The predicted octanol–water partition coefficient (Wildman–Crippen LogP) is 3.09. The lowest BCUT2D eigenvalue weighted by molar-refractivity contribution is 0.122. The van der Waals surface area contributed by atoms with Crippen LogP contribution in [0.15, 0.2) is 24.3 Å². The van der Waals surface area contributed by atoms with Crippen LogP contribution < -0.4 is 20.4 Å². The van der Waals surface area contributed by atoms with Gasteiger partial charge in [0.25, 0.3) is 0 Å². The quantitative estimate of drug-likeness (QED) is 0.536. The van der Waals surface area contributed by atoms with Crippen LogP contribution in [0.4, 0.5) is 17.6 Å². The highest BCUT2D eigenvalue weighted by Crippen LogP contribution is 2.28. The van der Waals surface area contributed by atoms with E-state index in [1.165, 1.54) is 11.4 Å². The smallest absolute Gasteiger partial charge is 0.225 e. The number of para-hydroxylation sites is 1. The van der Waals surface area contributed by atoms with Gasteiger partial charge in [0.15, 0.2) is 0 Å². The van der Waals surface area contributed by atoms with Crippen molar-refractivity contribution >= 4 is 28.5 Å². The Morgan fingerprint density at radius 3 is 2.49 bits per heavy atom. The fraction of sp³-hybridized carbons (Fsp3) is 0.577. The molecule has 1 aliphatic carbocycles. The number of nitrogens with zero attached hydrogens (tertiary/aromatic N) is 6. The van der Waals surface area contributed by atoms with Crippen LogP contribution in [0, 0.1) is 6.92 Å². The fourth-order valence-electron chi connectivity index (χ4n) is 5.40. The number of nitrogens with one attached hydrogen (secondary N) is 2. The summed E-state index contributed by atoms with van der Waals surface area (Å²) in [5, 5.41) is 13.2. The normalized spacial score (nSPS) is 20.9. The first-order valence-electron chi connectivity index (χ1n) is 12.8. The van der Waals surface area contributed by atoms with Gasteiger partial charge in [0.2, 0.25) is 5.95 Å². The third-order valence-electron chi connectivity index (χ3n) is 7.26. The lowest BCUT2D eigenvalue weighted by Crippen LogP contribution is -2.39. The molecular weight excluding hydrogens is 440 g/mol. The van der Waals surface area contributed by atoms with Crippen molar-refractivity contribution in [1.29, 1.82) is 0 Å². The molecule has 9 heteroatoms. The molecule has 2 aliphatic rings. The highest BCUT2D eigenvalue weighted by molar-refractivity contribution is 5.90. The van der Waals surface area contributed by atoms with E-state index in [-0.39, 0.29) is 0 Å². The molecule has 2 fully saturated rings. The average Bonchev–Trinajstić information content (AvgIpc) is 3.16. The molecule has 0 spiro atoms. The van der Waals surface area contributed by atoms with Crippen molar-refractivity contribution in [3.05, 3.63) is 35.5 Å². The Hall–Kier alpha value is -2.91. The zero-order chi connectivity index (χ0) is 24.4. The van der Waals surface area contributed by atoms with Crippen LogP contribution in [-0.4, -0.2) is 72.2 Å². The van der Waals surface area contributed by atoms with Gasteiger partial charge in [0.1, 0.15) is 11.6 Å². The Labute approximate surface area is 207 Å². The summed E-state index contributed by atoms with van der Waals surface area (Å²) in [6.07, 6.45) is 4.48. The van der Waals surface area contributed by atoms with Gasteiger partial charge in [-0.05, 0) is 44.7 Å². The van der Waals surface area contributed by atoms with Crippen LogP contribution in [0.1, 0.15) is 36.9 Å². The maximum atomic E-state index is 5.55. The van der Waals surface area contributed by atoms with Crippen LogP contribution in [0.3, 0.4) is 0 Å². The number of aryl methyl sites for hydroxylation is 2. The van der Waals surface area contributed by atoms with Gasteiger partial charge in [-0.1, -0.05) is 12.1 Å². The second-order valence-corrected chi connectivity index (χ2v) is 9.97. The van der Waals surface area contributed by atoms with E-state index in [1.807, 2.05) is 30.9 Å². The highest BCUT2D eigenvalue weighted by Gasteiger charge is 2.25. The van der Waals surface area contributed by atoms with Gasteiger partial charge in [0.05, 0.1) is 24.4 Å². The number of benzene rings is 1. The second-order valence-electron chi connectivity index (χ2n) is 9.97. The largest absolute Gasteiger partial charge is 0.378 e. The van der Waals surface area contributed by atoms with E-state index in [0.29, 0.717) is 12.1 Å². The van der Waals surface area contributed by atoms with E-state index in [9.17, 15) is 0 Å². The molecule has 3 heterocycles. The van der Waals surface area contributed by atoms with Crippen molar-refractivity contribution < 1.29 is 4.74 Å². The summed E-state index contributed by atoms with van der Waals surface area (Å²) in [6, 6.07) is 9.12. The molecule has 188 valence electrons. The summed E-state index contributed by atoms with van der Waals surface area (Å²) in [4.78, 5) is 14.1. The summed E-state index contributed by atoms with van der Waals surface area (Å²) < 4.78 is 7.58. The lowest BCUT2D eigenvalue weighted by Gasteiger charge is -2.31. The van der Waals surface area contributed by atoms with Gasteiger partial charge in [-0.15, -0.1) is 0 Å². The van der Waals surface area contributed by atoms with Crippen LogP contribution in [0.2, 0.25) is 0 Å². The van der Waals surface area contributed by atoms with E-state index < -0.39 is 0 Å². The summed E-state index contributed by atoms with van der Waals surface area (Å²) in [5.74, 6) is 2.92. The number of ether oxygens (including phenoxy) is 1. The van der Waals surface area contributed by atoms with Gasteiger partial charge in [-0.25, -0.2) is 4.98 Å². The first-order valence-corrected chi connectivity index (χ1v) is 12.8. The molecule has 9 nitrogen and oxygen atoms in total. The topological polar surface area (TPSA) is 83.4 Å². The summed E-state index contributed by atoms with van der Waals surface area (Å²) in [7, 11) is 6.11. The zero-order valence-corrected chi connectivity index (χ0v) is 21.4. The Morgan fingerprint density at radius 2 is 1.74 bits per heavy atom. The number of aromatic nitrogens is 4. The minimum atomic E-state index is 0.397. The third-order valence-corrected chi connectivity index (χ3v) is 7.26. The average molecular weight is 479 g/mol. The van der Waals surface area contributed by atoms with Crippen molar-refractivity contribution in [1.82, 2.24) is 25.1 Å². The fourth-order valence-corrected chi connectivity index (χ4v) is 5.40. The molecule has 0 atom stereocenters. The molecule has 1 aliphatic heterocycles. The van der Waals surface area contributed by atoms with E-state index in [0.717, 1.165) is 86.9 Å². The van der Waals surface area contributed by atoms with E-state index >= 15 is 0 Å². The summed E-state index contributed by atoms with van der Waals surface area (Å²) >= 11 is 0. The number of rotatable bonds is 7. The van der Waals surface area contributed by atoms with Crippen LogP contribution in [0.5, 0.6) is 0 Å². The van der Waals surface area contributed by atoms with Gasteiger partial charge >= 0.3 is 0 Å².